The minimum absolute atomic E-state index is 0.0492. The second-order valence-corrected chi connectivity index (χ2v) is 8.30. The Hall–Kier alpha value is -2.69. The number of halogens is 1. The Morgan fingerprint density at radius 3 is 2.53 bits per heavy atom. The minimum Gasteiger partial charge on any atom is -0.326 e. The van der Waals surface area contributed by atoms with Gasteiger partial charge in [-0.05, 0) is 66.9 Å². The van der Waals surface area contributed by atoms with Crippen LogP contribution in [0.25, 0.3) is 0 Å². The number of aromatic nitrogens is 1. The molecule has 4 nitrogen and oxygen atoms in total. The van der Waals surface area contributed by atoms with E-state index >= 15 is 0 Å². The number of likely N-dealkylation sites (tertiary alicyclic amines) is 1. The topological polar surface area (TPSA) is 45.2 Å². The number of carbonyl (C=O) groups excluding carboxylic acids is 1. The zero-order chi connectivity index (χ0) is 20.9. The molecule has 0 saturated carbocycles. The van der Waals surface area contributed by atoms with Gasteiger partial charge in [0.05, 0.1) is 11.7 Å². The first-order valence-electron chi connectivity index (χ1n) is 10.4. The van der Waals surface area contributed by atoms with Crippen LogP contribution in [0.15, 0.2) is 66.7 Å². The van der Waals surface area contributed by atoms with Gasteiger partial charge in [-0.3, -0.25) is 14.7 Å². The van der Waals surface area contributed by atoms with Crippen LogP contribution in [-0.4, -0.2) is 22.3 Å². The second kappa shape index (κ2) is 9.41. The number of rotatable bonds is 6. The Morgan fingerprint density at radius 1 is 1.07 bits per heavy atom. The number of nitrogens with one attached hydrogen (secondary N) is 1. The van der Waals surface area contributed by atoms with Gasteiger partial charge in [0.25, 0.3) is 0 Å². The molecule has 1 atom stereocenters. The molecule has 0 spiro atoms. The van der Waals surface area contributed by atoms with Crippen LogP contribution in [0.2, 0.25) is 5.02 Å². The summed E-state index contributed by atoms with van der Waals surface area (Å²) in [6, 6.07) is 22.8. The predicted octanol–water partition coefficient (Wildman–Crippen LogP) is 5.62. The van der Waals surface area contributed by atoms with E-state index in [-0.39, 0.29) is 5.91 Å². The highest BCUT2D eigenvalue weighted by atomic mass is 35.5. The lowest BCUT2D eigenvalue weighted by Gasteiger charge is -2.24. The van der Waals surface area contributed by atoms with Crippen molar-refractivity contribution in [2.24, 2.45) is 0 Å². The molecular formula is C25H26ClN3O. The van der Waals surface area contributed by atoms with Crippen molar-refractivity contribution in [3.05, 3.63) is 94.3 Å². The summed E-state index contributed by atoms with van der Waals surface area (Å²) in [7, 11) is 0. The maximum atomic E-state index is 11.2. The first-order valence-corrected chi connectivity index (χ1v) is 10.8. The summed E-state index contributed by atoms with van der Waals surface area (Å²) >= 11 is 6.00. The van der Waals surface area contributed by atoms with Crippen molar-refractivity contribution in [2.45, 2.75) is 38.8 Å². The molecule has 30 heavy (non-hydrogen) atoms. The van der Waals surface area contributed by atoms with E-state index in [9.17, 15) is 4.79 Å². The van der Waals surface area contributed by atoms with Crippen LogP contribution in [0.5, 0.6) is 0 Å². The van der Waals surface area contributed by atoms with E-state index < -0.39 is 0 Å². The molecule has 0 unspecified atom stereocenters. The third-order valence-electron chi connectivity index (χ3n) is 5.49. The molecule has 2 aromatic carbocycles. The van der Waals surface area contributed by atoms with Crippen LogP contribution < -0.4 is 5.32 Å². The average molecular weight is 420 g/mol. The van der Waals surface area contributed by atoms with E-state index in [1.165, 1.54) is 24.5 Å². The van der Waals surface area contributed by atoms with E-state index in [2.05, 4.69) is 52.7 Å². The lowest BCUT2D eigenvalue weighted by molar-refractivity contribution is -0.114. The number of nitrogens with zero attached hydrogens (tertiary/aromatic N) is 2. The SMILES string of the molecule is CC(=O)Nc1ccc(CN2CCC[C@@H]2c2cccc(Cc3ccc(Cl)cc3)n2)cc1. The molecule has 1 saturated heterocycles. The average Bonchev–Trinajstić information content (AvgIpc) is 3.19. The molecule has 1 amide bonds. The van der Waals surface area contributed by atoms with Crippen LogP contribution >= 0.6 is 11.6 Å². The van der Waals surface area contributed by atoms with E-state index in [1.54, 1.807) is 0 Å². The second-order valence-electron chi connectivity index (χ2n) is 7.86. The number of pyridine rings is 1. The molecular weight excluding hydrogens is 394 g/mol. The van der Waals surface area contributed by atoms with E-state index in [4.69, 9.17) is 16.6 Å². The molecule has 1 aromatic heterocycles. The van der Waals surface area contributed by atoms with Crippen molar-refractivity contribution in [3.63, 3.8) is 0 Å². The highest BCUT2D eigenvalue weighted by Crippen LogP contribution is 2.32. The van der Waals surface area contributed by atoms with Gasteiger partial charge >= 0.3 is 0 Å². The summed E-state index contributed by atoms with van der Waals surface area (Å²) in [6.45, 7) is 3.48. The maximum Gasteiger partial charge on any atom is 0.221 e. The van der Waals surface area contributed by atoms with E-state index in [0.717, 1.165) is 48.0 Å². The summed E-state index contributed by atoms with van der Waals surface area (Å²) in [5.41, 5.74) is 5.52. The normalized spacial score (nSPS) is 16.5. The number of hydrogen-bond acceptors (Lipinski definition) is 3. The molecule has 5 heteroatoms. The van der Waals surface area contributed by atoms with E-state index in [1.807, 2.05) is 24.3 Å². The van der Waals surface area contributed by atoms with Crippen LogP contribution in [-0.2, 0) is 17.8 Å². The molecule has 1 aliphatic heterocycles. The fraction of sp³-hybridized carbons (Fsp3) is 0.280. The molecule has 0 aliphatic carbocycles. The van der Waals surface area contributed by atoms with Gasteiger partial charge in [0.2, 0.25) is 5.91 Å². The van der Waals surface area contributed by atoms with Crippen LogP contribution in [0.1, 0.15) is 48.3 Å². The lowest BCUT2D eigenvalue weighted by atomic mass is 10.1. The van der Waals surface area contributed by atoms with Crippen LogP contribution in [0, 0.1) is 0 Å². The molecule has 154 valence electrons. The van der Waals surface area contributed by atoms with Gasteiger partial charge in [-0.15, -0.1) is 0 Å². The first-order chi connectivity index (χ1) is 14.6. The molecule has 2 heterocycles. The zero-order valence-corrected chi connectivity index (χ0v) is 17.9. The van der Waals surface area contributed by atoms with Crippen molar-refractivity contribution in [2.75, 3.05) is 11.9 Å². The zero-order valence-electron chi connectivity index (χ0n) is 17.1. The third-order valence-corrected chi connectivity index (χ3v) is 5.74. The third kappa shape index (κ3) is 5.26. The molecule has 1 aliphatic rings. The molecule has 4 rings (SSSR count). The van der Waals surface area contributed by atoms with Crippen molar-refractivity contribution < 1.29 is 4.79 Å². The summed E-state index contributed by atoms with van der Waals surface area (Å²) in [5.74, 6) is -0.0492. The molecule has 1 N–H and O–H groups in total. The van der Waals surface area contributed by atoms with Gasteiger partial charge < -0.3 is 5.32 Å². The van der Waals surface area contributed by atoms with E-state index in [0.29, 0.717) is 6.04 Å². The lowest BCUT2D eigenvalue weighted by Crippen LogP contribution is -2.23. The molecule has 1 fully saturated rings. The standard InChI is InChI=1S/C25H26ClN3O/c1-18(30)27-22-13-9-20(10-14-22)17-29-15-3-6-25(29)24-5-2-4-23(28-24)16-19-7-11-21(26)12-8-19/h2,4-5,7-14,25H,3,6,15-17H2,1H3,(H,27,30)/t25-/m1/s1. The van der Waals surface area contributed by atoms with Crippen molar-refractivity contribution in [1.29, 1.82) is 0 Å². The number of hydrogen-bond donors (Lipinski definition) is 1. The fourth-order valence-electron chi connectivity index (χ4n) is 4.08. The number of anilines is 1. The van der Waals surface area contributed by atoms with Crippen LogP contribution in [0.4, 0.5) is 5.69 Å². The first kappa shape index (κ1) is 20.6. The Kier molecular flexibility index (Phi) is 6.46. The molecule has 3 aromatic rings. The Morgan fingerprint density at radius 2 is 1.80 bits per heavy atom. The van der Waals surface area contributed by atoms with Gasteiger partial charge in [-0.25, -0.2) is 0 Å². The quantitative estimate of drug-likeness (QED) is 0.563. The predicted molar refractivity (Wildman–Crippen MR) is 122 cm³/mol. The van der Waals surface area contributed by atoms with Gasteiger partial charge in [0.15, 0.2) is 0 Å². The van der Waals surface area contributed by atoms with Gasteiger partial charge in [0, 0.05) is 36.3 Å². The number of carbonyl (C=O) groups is 1. The van der Waals surface area contributed by atoms with Crippen LogP contribution in [0.3, 0.4) is 0 Å². The fourth-order valence-corrected chi connectivity index (χ4v) is 4.20. The number of amides is 1. The minimum atomic E-state index is -0.0492. The summed E-state index contributed by atoms with van der Waals surface area (Å²) in [5, 5.41) is 3.58. The Bertz CT molecular complexity index is 1000. The Labute approximate surface area is 182 Å². The maximum absolute atomic E-state index is 11.2. The highest BCUT2D eigenvalue weighted by Gasteiger charge is 2.27. The summed E-state index contributed by atoms with van der Waals surface area (Å²) in [4.78, 5) is 18.7. The van der Waals surface area contributed by atoms with Crippen molar-refractivity contribution in [1.82, 2.24) is 9.88 Å². The number of benzene rings is 2. The monoisotopic (exact) mass is 419 g/mol. The smallest absolute Gasteiger partial charge is 0.221 e. The highest BCUT2D eigenvalue weighted by molar-refractivity contribution is 6.30. The van der Waals surface area contributed by atoms with Crippen molar-refractivity contribution >= 4 is 23.2 Å². The van der Waals surface area contributed by atoms with Crippen molar-refractivity contribution in [3.8, 4) is 0 Å². The molecule has 0 radical (unpaired) electrons. The summed E-state index contributed by atoms with van der Waals surface area (Å²) < 4.78 is 0. The summed E-state index contributed by atoms with van der Waals surface area (Å²) in [6.07, 6.45) is 3.11. The largest absolute Gasteiger partial charge is 0.326 e. The molecule has 0 bridgehead atoms. The van der Waals surface area contributed by atoms with Gasteiger partial charge in [-0.1, -0.05) is 41.9 Å². The van der Waals surface area contributed by atoms with Gasteiger partial charge in [0.1, 0.15) is 0 Å². The van der Waals surface area contributed by atoms with Gasteiger partial charge in [-0.2, -0.15) is 0 Å². The Balaban J connectivity index is 1.45.